The minimum absolute atomic E-state index is 0.200. The predicted octanol–water partition coefficient (Wildman–Crippen LogP) is 0.740. The van der Waals surface area contributed by atoms with Crippen LogP contribution < -0.4 is 10.9 Å². The molecule has 0 radical (unpaired) electrons. The van der Waals surface area contributed by atoms with Crippen molar-refractivity contribution in [3.8, 4) is 0 Å². The van der Waals surface area contributed by atoms with Crippen molar-refractivity contribution in [2.75, 3.05) is 18.5 Å². The van der Waals surface area contributed by atoms with Gasteiger partial charge in [0, 0.05) is 6.54 Å². The molecule has 1 aromatic heterocycles. The molecule has 0 unspecified atom stereocenters. The van der Waals surface area contributed by atoms with Crippen LogP contribution >= 0.6 is 22.6 Å². The highest BCUT2D eigenvalue weighted by Gasteiger charge is 2.06. The van der Waals surface area contributed by atoms with Gasteiger partial charge in [-0.15, -0.1) is 0 Å². The fourth-order valence-corrected chi connectivity index (χ4v) is 1.51. The Labute approximate surface area is 106 Å². The second-order valence-electron chi connectivity index (χ2n) is 2.88. The van der Waals surface area contributed by atoms with Gasteiger partial charge < -0.3 is 15.0 Å². The molecule has 0 bridgehead atoms. The van der Waals surface area contributed by atoms with E-state index in [1.54, 1.807) is 6.92 Å². The van der Waals surface area contributed by atoms with E-state index in [0.717, 1.165) is 0 Å². The number of carbonyl (C=O) groups is 1. The molecule has 0 spiro atoms. The molecule has 88 valence electrons. The van der Waals surface area contributed by atoms with Crippen molar-refractivity contribution >= 4 is 34.4 Å². The molecule has 0 saturated carbocycles. The maximum atomic E-state index is 11.2. The Balaban J connectivity index is 2.46. The van der Waals surface area contributed by atoms with E-state index >= 15 is 0 Å². The first-order chi connectivity index (χ1) is 7.65. The number of carbonyl (C=O) groups excluding carboxylic acids is 1. The van der Waals surface area contributed by atoms with Crippen LogP contribution in [0.2, 0.25) is 0 Å². The summed E-state index contributed by atoms with van der Waals surface area (Å²) in [5.74, 6) is 0.212. The lowest BCUT2D eigenvalue weighted by atomic mass is 10.4. The van der Waals surface area contributed by atoms with E-state index in [1.807, 2.05) is 22.6 Å². The fraction of sp³-hybridized carbons (Fsp3) is 0.444. The van der Waals surface area contributed by atoms with Gasteiger partial charge in [0.15, 0.2) is 0 Å². The SMILES string of the molecule is CCOC(=O)CCNc1nc[nH]c(=O)c1I. The molecule has 0 aliphatic carbocycles. The number of H-pyrrole nitrogens is 1. The van der Waals surface area contributed by atoms with Crippen molar-refractivity contribution in [3.63, 3.8) is 0 Å². The highest BCUT2D eigenvalue weighted by molar-refractivity contribution is 14.1. The molecule has 7 heteroatoms. The lowest BCUT2D eigenvalue weighted by Gasteiger charge is -2.05. The summed E-state index contributed by atoms with van der Waals surface area (Å²) in [6.45, 7) is 2.53. The van der Waals surface area contributed by atoms with Crippen LogP contribution in [0, 0.1) is 3.57 Å². The molecule has 1 heterocycles. The number of esters is 1. The lowest BCUT2D eigenvalue weighted by molar-refractivity contribution is -0.142. The molecular weight excluding hydrogens is 325 g/mol. The van der Waals surface area contributed by atoms with E-state index in [4.69, 9.17) is 4.74 Å². The average molecular weight is 337 g/mol. The Bertz CT molecular complexity index is 419. The summed E-state index contributed by atoms with van der Waals surface area (Å²) < 4.78 is 5.24. The molecule has 0 amide bonds. The third kappa shape index (κ3) is 3.80. The van der Waals surface area contributed by atoms with E-state index < -0.39 is 0 Å². The number of ether oxygens (including phenoxy) is 1. The second-order valence-corrected chi connectivity index (χ2v) is 3.95. The molecule has 0 fully saturated rings. The summed E-state index contributed by atoms with van der Waals surface area (Å²) in [7, 11) is 0. The van der Waals surface area contributed by atoms with Gasteiger partial charge in [0.2, 0.25) is 0 Å². The normalized spacial score (nSPS) is 9.88. The average Bonchev–Trinajstić information content (AvgIpc) is 2.25. The Morgan fingerprint density at radius 1 is 1.69 bits per heavy atom. The lowest BCUT2D eigenvalue weighted by Crippen LogP contribution is -2.17. The first-order valence-corrected chi connectivity index (χ1v) is 5.85. The molecule has 0 atom stereocenters. The number of nitrogens with one attached hydrogen (secondary N) is 2. The second kappa shape index (κ2) is 6.46. The molecule has 0 saturated heterocycles. The minimum atomic E-state index is -0.269. The van der Waals surface area contributed by atoms with Crippen molar-refractivity contribution in [2.45, 2.75) is 13.3 Å². The minimum Gasteiger partial charge on any atom is -0.466 e. The van der Waals surface area contributed by atoms with Gasteiger partial charge in [-0.05, 0) is 29.5 Å². The summed E-state index contributed by atoms with van der Waals surface area (Å²) in [4.78, 5) is 28.6. The highest BCUT2D eigenvalue weighted by atomic mass is 127. The Kier molecular flexibility index (Phi) is 5.23. The quantitative estimate of drug-likeness (QED) is 0.612. The van der Waals surface area contributed by atoms with Gasteiger partial charge in [-0.3, -0.25) is 9.59 Å². The van der Waals surface area contributed by atoms with Crippen molar-refractivity contribution in [1.82, 2.24) is 9.97 Å². The molecule has 0 aromatic carbocycles. The van der Waals surface area contributed by atoms with Crippen LogP contribution in [0.25, 0.3) is 0 Å². The molecule has 0 aliphatic rings. The Hall–Kier alpha value is -1.12. The summed E-state index contributed by atoms with van der Waals surface area (Å²) in [5, 5.41) is 2.90. The van der Waals surface area contributed by atoms with Crippen LogP contribution in [0.15, 0.2) is 11.1 Å². The molecule has 2 N–H and O–H groups in total. The Morgan fingerprint density at radius 2 is 2.44 bits per heavy atom. The smallest absolute Gasteiger partial charge is 0.307 e. The third-order valence-electron chi connectivity index (χ3n) is 1.72. The van der Waals surface area contributed by atoms with Gasteiger partial charge in [-0.1, -0.05) is 0 Å². The topological polar surface area (TPSA) is 84.1 Å². The number of anilines is 1. The molecular formula is C9H12IN3O3. The summed E-state index contributed by atoms with van der Waals surface area (Å²) in [6.07, 6.45) is 1.57. The van der Waals surface area contributed by atoms with E-state index in [0.29, 0.717) is 22.5 Å². The zero-order valence-electron chi connectivity index (χ0n) is 8.75. The monoisotopic (exact) mass is 337 g/mol. The maximum Gasteiger partial charge on any atom is 0.307 e. The van der Waals surface area contributed by atoms with Gasteiger partial charge in [0.25, 0.3) is 5.56 Å². The van der Waals surface area contributed by atoms with Crippen LogP contribution in [0.4, 0.5) is 5.82 Å². The number of aromatic amines is 1. The van der Waals surface area contributed by atoms with Crippen molar-refractivity contribution in [3.05, 3.63) is 20.3 Å². The molecule has 1 rings (SSSR count). The van der Waals surface area contributed by atoms with Crippen molar-refractivity contribution in [2.24, 2.45) is 0 Å². The van der Waals surface area contributed by atoms with Gasteiger partial charge in [0.05, 0.1) is 19.4 Å². The molecule has 16 heavy (non-hydrogen) atoms. The van der Waals surface area contributed by atoms with Crippen LogP contribution in [-0.2, 0) is 9.53 Å². The summed E-state index contributed by atoms with van der Waals surface area (Å²) in [5.41, 5.74) is -0.200. The largest absolute Gasteiger partial charge is 0.466 e. The predicted molar refractivity (Wildman–Crippen MR) is 67.3 cm³/mol. The maximum absolute atomic E-state index is 11.2. The van der Waals surface area contributed by atoms with Crippen molar-refractivity contribution < 1.29 is 9.53 Å². The number of nitrogens with zero attached hydrogens (tertiary/aromatic N) is 1. The fourth-order valence-electron chi connectivity index (χ4n) is 1.02. The van der Waals surface area contributed by atoms with Crippen LogP contribution in [0.3, 0.4) is 0 Å². The molecule has 0 aliphatic heterocycles. The van der Waals surface area contributed by atoms with E-state index in [1.165, 1.54) is 6.33 Å². The number of halogens is 1. The van der Waals surface area contributed by atoms with Crippen LogP contribution in [-0.4, -0.2) is 29.1 Å². The standard InChI is InChI=1S/C9H12IN3O3/c1-2-16-6(14)3-4-11-8-7(10)9(15)13-5-12-8/h5H,2-4H2,1H3,(H2,11,12,13,15). The Morgan fingerprint density at radius 3 is 3.12 bits per heavy atom. The van der Waals surface area contributed by atoms with Crippen molar-refractivity contribution in [1.29, 1.82) is 0 Å². The van der Waals surface area contributed by atoms with Crippen LogP contribution in [0.5, 0.6) is 0 Å². The third-order valence-corrected chi connectivity index (χ3v) is 2.72. The van der Waals surface area contributed by atoms with E-state index in [9.17, 15) is 9.59 Å². The highest BCUT2D eigenvalue weighted by Crippen LogP contribution is 2.08. The molecule has 1 aromatic rings. The zero-order chi connectivity index (χ0) is 12.0. The van der Waals surface area contributed by atoms with E-state index in [-0.39, 0.29) is 17.9 Å². The number of hydrogen-bond acceptors (Lipinski definition) is 5. The number of hydrogen-bond donors (Lipinski definition) is 2. The van der Waals surface area contributed by atoms with Gasteiger partial charge in [0.1, 0.15) is 9.39 Å². The van der Waals surface area contributed by atoms with Crippen LogP contribution in [0.1, 0.15) is 13.3 Å². The number of rotatable bonds is 5. The van der Waals surface area contributed by atoms with Gasteiger partial charge >= 0.3 is 5.97 Å². The summed E-state index contributed by atoms with van der Waals surface area (Å²) >= 11 is 1.89. The summed E-state index contributed by atoms with van der Waals surface area (Å²) in [6, 6.07) is 0. The van der Waals surface area contributed by atoms with E-state index in [2.05, 4.69) is 15.3 Å². The van der Waals surface area contributed by atoms with Gasteiger partial charge in [-0.2, -0.15) is 0 Å². The van der Waals surface area contributed by atoms with Gasteiger partial charge in [-0.25, -0.2) is 4.98 Å². The zero-order valence-corrected chi connectivity index (χ0v) is 10.9. The first kappa shape index (κ1) is 12.9. The molecule has 6 nitrogen and oxygen atoms in total. The number of aromatic nitrogens is 2. The first-order valence-electron chi connectivity index (χ1n) is 4.77.